The largest absolute Gasteiger partial charge is 0.444 e. The molecule has 1 aliphatic rings. The molecule has 1 aliphatic heterocycles. The zero-order valence-electron chi connectivity index (χ0n) is 21.3. The molecule has 0 bridgehead atoms. The van der Waals surface area contributed by atoms with Gasteiger partial charge in [-0.1, -0.05) is 17.4 Å². The van der Waals surface area contributed by atoms with Crippen molar-refractivity contribution < 1.29 is 24.2 Å². The number of nitrogens with zero attached hydrogens (tertiary/aromatic N) is 3. The highest BCUT2D eigenvalue weighted by Crippen LogP contribution is 2.26. The number of aromatic nitrogens is 2. The van der Waals surface area contributed by atoms with Gasteiger partial charge >= 0.3 is 6.09 Å². The van der Waals surface area contributed by atoms with Crippen LogP contribution in [0.2, 0.25) is 0 Å². The van der Waals surface area contributed by atoms with Crippen LogP contribution in [0.3, 0.4) is 0 Å². The third-order valence-electron chi connectivity index (χ3n) is 6.03. The van der Waals surface area contributed by atoms with E-state index in [-0.39, 0.29) is 24.7 Å². The van der Waals surface area contributed by atoms with E-state index in [1.165, 1.54) is 11.3 Å². The molecule has 10 heteroatoms. The van der Waals surface area contributed by atoms with Gasteiger partial charge in [0.25, 0.3) is 5.91 Å². The van der Waals surface area contributed by atoms with Crippen LogP contribution in [0, 0.1) is 0 Å². The molecule has 2 aromatic heterocycles. The van der Waals surface area contributed by atoms with Gasteiger partial charge < -0.3 is 24.8 Å². The summed E-state index contributed by atoms with van der Waals surface area (Å²) in [6.45, 7) is 8.01. The van der Waals surface area contributed by atoms with E-state index < -0.39 is 5.60 Å². The van der Waals surface area contributed by atoms with Gasteiger partial charge in [0, 0.05) is 39.0 Å². The molecular weight excluding hydrogens is 480 g/mol. The fourth-order valence-corrected chi connectivity index (χ4v) is 5.15. The second kappa shape index (κ2) is 11.6. The summed E-state index contributed by atoms with van der Waals surface area (Å²) in [5.74, 6) is -0.141. The van der Waals surface area contributed by atoms with Crippen molar-refractivity contribution in [1.82, 2.24) is 19.6 Å². The molecule has 2 amide bonds. The van der Waals surface area contributed by atoms with Crippen molar-refractivity contribution >= 4 is 39.3 Å². The number of benzene rings is 1. The van der Waals surface area contributed by atoms with Gasteiger partial charge in [-0.3, -0.25) is 9.20 Å². The molecule has 0 spiro atoms. The molecule has 0 aliphatic carbocycles. The van der Waals surface area contributed by atoms with Crippen molar-refractivity contribution in [2.24, 2.45) is 0 Å². The summed E-state index contributed by atoms with van der Waals surface area (Å²) in [5.41, 5.74) is 2.11. The molecule has 4 rings (SSSR count). The zero-order valence-corrected chi connectivity index (χ0v) is 22.1. The molecule has 2 N–H and O–H groups in total. The normalized spacial score (nSPS) is 16.1. The maximum Gasteiger partial charge on any atom is 0.410 e. The van der Waals surface area contributed by atoms with Crippen LogP contribution < -0.4 is 5.32 Å². The lowest BCUT2D eigenvalue weighted by molar-refractivity contribution is 0.0190. The molecule has 0 radical (unpaired) electrons. The standard InChI is InChI=1S/C26H36N4O5S/c1-26(2,3)35-25(33)29(12-10-19-7-6-14-34-19)16-18-8-9-20-21(15-18)30-17-22(36-24(30)28-20)23(32)27-11-4-5-13-31/h8-9,15,17,19,31H,4-7,10-14,16H2,1-3H3,(H,27,32). The number of imidazole rings is 1. The van der Waals surface area contributed by atoms with Crippen LogP contribution in [0.5, 0.6) is 0 Å². The van der Waals surface area contributed by atoms with E-state index in [4.69, 9.17) is 14.6 Å². The van der Waals surface area contributed by atoms with Gasteiger partial charge in [-0.15, -0.1) is 0 Å². The summed E-state index contributed by atoms with van der Waals surface area (Å²) in [7, 11) is 0. The Labute approximate surface area is 215 Å². The van der Waals surface area contributed by atoms with Gasteiger partial charge in [0.05, 0.1) is 17.1 Å². The smallest absolute Gasteiger partial charge is 0.410 e. The monoisotopic (exact) mass is 516 g/mol. The molecular formula is C26H36N4O5S. The SMILES string of the molecule is CC(C)(C)OC(=O)N(CCC1CCCO1)Cc1ccc2nc3sc(C(=O)NCCCCO)cn3c2c1. The summed E-state index contributed by atoms with van der Waals surface area (Å²) < 4.78 is 13.4. The first-order chi connectivity index (χ1) is 17.2. The second-order valence-corrected chi connectivity index (χ2v) is 11.2. The number of hydrogen-bond acceptors (Lipinski definition) is 7. The molecule has 0 saturated carbocycles. The average Bonchev–Trinajstić information content (AvgIpc) is 3.55. The first-order valence-electron chi connectivity index (χ1n) is 12.6. The maximum absolute atomic E-state index is 13.0. The van der Waals surface area contributed by atoms with Crippen LogP contribution in [-0.4, -0.2) is 69.4 Å². The van der Waals surface area contributed by atoms with Gasteiger partial charge in [0.2, 0.25) is 0 Å². The second-order valence-electron chi connectivity index (χ2n) is 10.2. The molecule has 1 saturated heterocycles. The number of thiazole rings is 1. The number of hydrogen-bond donors (Lipinski definition) is 2. The Kier molecular flexibility index (Phi) is 8.48. The van der Waals surface area contributed by atoms with Crippen molar-refractivity contribution in [2.45, 2.75) is 71.1 Å². The van der Waals surface area contributed by atoms with Gasteiger partial charge in [-0.2, -0.15) is 0 Å². The van der Waals surface area contributed by atoms with Crippen LogP contribution in [-0.2, 0) is 16.0 Å². The van der Waals surface area contributed by atoms with E-state index in [1.807, 2.05) is 49.6 Å². The zero-order chi connectivity index (χ0) is 25.7. The number of unbranched alkanes of at least 4 members (excludes halogenated alkanes) is 1. The molecule has 9 nitrogen and oxygen atoms in total. The van der Waals surface area contributed by atoms with Crippen LogP contribution in [0.15, 0.2) is 24.4 Å². The molecule has 196 valence electrons. The Bertz CT molecular complexity index is 1190. The van der Waals surface area contributed by atoms with Crippen LogP contribution >= 0.6 is 11.3 Å². The van der Waals surface area contributed by atoms with Crippen LogP contribution in [0.4, 0.5) is 4.79 Å². The average molecular weight is 517 g/mol. The summed E-state index contributed by atoms with van der Waals surface area (Å²) in [4.78, 5) is 33.2. The lowest BCUT2D eigenvalue weighted by Crippen LogP contribution is -2.38. The number of carbonyl (C=O) groups excluding carboxylic acids is 2. The number of fused-ring (bicyclic) bond motifs is 3. The first-order valence-corrected chi connectivity index (χ1v) is 13.4. The van der Waals surface area contributed by atoms with Crippen molar-refractivity contribution in [2.75, 3.05) is 26.3 Å². The Morgan fingerprint density at radius 3 is 2.89 bits per heavy atom. The Morgan fingerprint density at radius 2 is 2.17 bits per heavy atom. The number of carbonyl (C=O) groups is 2. The van der Waals surface area contributed by atoms with E-state index in [0.717, 1.165) is 53.8 Å². The number of aliphatic hydroxyl groups is 1. The van der Waals surface area contributed by atoms with Crippen LogP contribution in [0.25, 0.3) is 16.0 Å². The highest BCUT2D eigenvalue weighted by Gasteiger charge is 2.25. The highest BCUT2D eigenvalue weighted by atomic mass is 32.1. The van der Waals surface area contributed by atoms with Crippen molar-refractivity contribution in [3.05, 3.63) is 34.8 Å². The number of ether oxygens (including phenoxy) is 2. The molecule has 1 fully saturated rings. The molecule has 3 aromatic rings. The van der Waals surface area contributed by atoms with Crippen molar-refractivity contribution in [3.8, 4) is 0 Å². The minimum Gasteiger partial charge on any atom is -0.444 e. The van der Waals surface area contributed by atoms with Crippen molar-refractivity contribution in [1.29, 1.82) is 0 Å². The maximum atomic E-state index is 13.0. The molecule has 3 heterocycles. The molecule has 36 heavy (non-hydrogen) atoms. The quantitative estimate of drug-likeness (QED) is 0.388. The fraction of sp³-hybridized carbons (Fsp3) is 0.577. The molecule has 1 atom stereocenters. The van der Waals surface area contributed by atoms with E-state index >= 15 is 0 Å². The highest BCUT2D eigenvalue weighted by molar-refractivity contribution is 7.18. The predicted octanol–water partition coefficient (Wildman–Crippen LogP) is 4.36. The molecule has 1 aromatic carbocycles. The third-order valence-corrected chi connectivity index (χ3v) is 7.01. The molecule has 1 unspecified atom stereocenters. The van der Waals surface area contributed by atoms with Gasteiger partial charge in [-0.05, 0) is 70.6 Å². The van der Waals surface area contributed by atoms with E-state index in [1.54, 1.807) is 4.90 Å². The topological polar surface area (TPSA) is 105 Å². The van der Waals surface area contributed by atoms with Gasteiger partial charge in [-0.25, -0.2) is 9.78 Å². The minimum atomic E-state index is -0.577. The van der Waals surface area contributed by atoms with Gasteiger partial charge in [0.1, 0.15) is 10.5 Å². The van der Waals surface area contributed by atoms with Gasteiger partial charge in [0.15, 0.2) is 4.96 Å². The third kappa shape index (κ3) is 6.74. The Morgan fingerprint density at radius 1 is 1.33 bits per heavy atom. The fourth-order valence-electron chi connectivity index (χ4n) is 4.24. The lowest BCUT2D eigenvalue weighted by Gasteiger charge is -2.28. The van der Waals surface area contributed by atoms with E-state index in [0.29, 0.717) is 30.9 Å². The predicted molar refractivity (Wildman–Crippen MR) is 139 cm³/mol. The summed E-state index contributed by atoms with van der Waals surface area (Å²) >= 11 is 1.34. The number of amides is 2. The van der Waals surface area contributed by atoms with Crippen molar-refractivity contribution in [3.63, 3.8) is 0 Å². The summed E-state index contributed by atoms with van der Waals surface area (Å²) in [6, 6.07) is 5.96. The van der Waals surface area contributed by atoms with E-state index in [2.05, 4.69) is 10.3 Å². The van der Waals surface area contributed by atoms with Crippen LogP contribution in [0.1, 0.15) is 68.1 Å². The van der Waals surface area contributed by atoms with E-state index in [9.17, 15) is 9.59 Å². The number of rotatable bonds is 10. The Hall–Kier alpha value is -2.69. The minimum absolute atomic E-state index is 0.122. The lowest BCUT2D eigenvalue weighted by atomic mass is 10.1. The number of nitrogens with one attached hydrogen (secondary N) is 1. The summed E-state index contributed by atoms with van der Waals surface area (Å²) in [6.07, 6.45) is 5.92. The Balaban J connectivity index is 1.51. The number of aliphatic hydroxyl groups excluding tert-OH is 1. The summed E-state index contributed by atoms with van der Waals surface area (Å²) in [5, 5.41) is 11.8. The first kappa shape index (κ1) is 26.4.